The highest BCUT2D eigenvalue weighted by molar-refractivity contribution is 6.08. The predicted octanol–water partition coefficient (Wildman–Crippen LogP) is 3.74. The number of benzene rings is 2. The predicted molar refractivity (Wildman–Crippen MR) is 131 cm³/mol. The van der Waals surface area contributed by atoms with Gasteiger partial charge in [0.05, 0.1) is 22.1 Å². The Morgan fingerprint density at radius 1 is 0.719 bits per heavy atom. The van der Waals surface area contributed by atoms with Crippen molar-refractivity contribution in [3.05, 3.63) is 57.7 Å². The van der Waals surface area contributed by atoms with E-state index in [0.717, 1.165) is 11.0 Å². The highest BCUT2D eigenvalue weighted by Crippen LogP contribution is 2.25. The van der Waals surface area contributed by atoms with Crippen LogP contribution in [-0.4, -0.2) is 65.2 Å². The van der Waals surface area contributed by atoms with Crippen LogP contribution in [0.3, 0.4) is 0 Å². The highest BCUT2D eigenvalue weighted by atomic mass is 16.1. The zero-order valence-electron chi connectivity index (χ0n) is 20.5. The van der Waals surface area contributed by atoms with Crippen LogP contribution in [0.15, 0.2) is 41.2 Å². The van der Waals surface area contributed by atoms with Crippen molar-refractivity contribution in [2.45, 2.75) is 38.8 Å². The summed E-state index contributed by atoms with van der Waals surface area (Å²) in [6, 6.07) is 10.6. The Kier molecular flexibility index (Phi) is 5.91. The molecule has 2 aromatic carbocycles. The van der Waals surface area contributed by atoms with Crippen molar-refractivity contribution in [1.29, 1.82) is 0 Å². The van der Waals surface area contributed by atoms with Crippen molar-refractivity contribution in [2.24, 2.45) is 7.05 Å². The van der Waals surface area contributed by atoms with E-state index in [0.29, 0.717) is 21.9 Å². The minimum atomic E-state index is -0.701. The lowest BCUT2D eigenvalue weighted by Gasteiger charge is -2.31. The van der Waals surface area contributed by atoms with Gasteiger partial charge in [-0.25, -0.2) is 0 Å². The molecule has 1 heterocycles. The fourth-order valence-electron chi connectivity index (χ4n) is 3.69. The molecule has 1 aromatic heterocycles. The molecule has 6 heteroatoms. The van der Waals surface area contributed by atoms with E-state index in [9.17, 15) is 14.4 Å². The SMILES string of the molecule is CN(C)C(C)(C)C(=O)c1ccc2c(c1)c(=O)c1cc(C(=O)C(C)(C)N(C)C)ccc1n2C. The lowest BCUT2D eigenvalue weighted by atomic mass is 9.90. The smallest absolute Gasteiger partial charge is 0.197 e. The third-order valence-electron chi connectivity index (χ3n) is 7.08. The number of pyridine rings is 1. The maximum Gasteiger partial charge on any atom is 0.197 e. The summed E-state index contributed by atoms with van der Waals surface area (Å²) in [6.07, 6.45) is 0. The zero-order valence-corrected chi connectivity index (χ0v) is 20.5. The van der Waals surface area contributed by atoms with Gasteiger partial charge < -0.3 is 4.57 Å². The molecule has 3 rings (SSSR count). The van der Waals surface area contributed by atoms with E-state index in [2.05, 4.69) is 0 Å². The van der Waals surface area contributed by atoms with Crippen LogP contribution in [0.1, 0.15) is 48.4 Å². The van der Waals surface area contributed by atoms with Gasteiger partial charge in [-0.1, -0.05) is 0 Å². The molecule has 32 heavy (non-hydrogen) atoms. The van der Waals surface area contributed by atoms with Crippen molar-refractivity contribution >= 4 is 33.4 Å². The van der Waals surface area contributed by atoms with E-state index < -0.39 is 11.1 Å². The van der Waals surface area contributed by atoms with E-state index in [4.69, 9.17) is 0 Å². The van der Waals surface area contributed by atoms with E-state index in [1.807, 2.05) is 89.4 Å². The van der Waals surface area contributed by atoms with Crippen LogP contribution < -0.4 is 5.43 Å². The first-order valence-corrected chi connectivity index (χ1v) is 10.7. The number of hydrogen-bond acceptors (Lipinski definition) is 5. The van der Waals surface area contributed by atoms with E-state index in [-0.39, 0.29) is 17.0 Å². The molecular weight excluding hydrogens is 402 g/mol. The molecule has 3 aromatic rings. The number of ketones is 2. The Morgan fingerprint density at radius 3 is 1.38 bits per heavy atom. The molecule has 0 spiro atoms. The third-order valence-corrected chi connectivity index (χ3v) is 7.08. The molecule has 0 atom stereocenters. The molecule has 6 nitrogen and oxygen atoms in total. The summed E-state index contributed by atoms with van der Waals surface area (Å²) in [6.45, 7) is 7.45. The summed E-state index contributed by atoms with van der Waals surface area (Å²) in [4.78, 5) is 43.5. The quantitative estimate of drug-likeness (QED) is 0.436. The van der Waals surface area contributed by atoms with Gasteiger partial charge in [0.1, 0.15) is 0 Å². The molecule has 0 aliphatic carbocycles. The Morgan fingerprint density at radius 2 is 1.06 bits per heavy atom. The molecule has 0 amide bonds. The first-order chi connectivity index (χ1) is 14.7. The first kappa shape index (κ1) is 23.8. The van der Waals surface area contributed by atoms with Crippen molar-refractivity contribution in [2.75, 3.05) is 28.2 Å². The van der Waals surface area contributed by atoms with Crippen molar-refractivity contribution in [3.63, 3.8) is 0 Å². The number of Topliss-reactive ketones (excluding diaryl/α,β-unsaturated/α-hetero) is 2. The van der Waals surface area contributed by atoms with Crippen LogP contribution in [-0.2, 0) is 7.05 Å². The molecule has 170 valence electrons. The normalized spacial score (nSPS) is 12.8. The monoisotopic (exact) mass is 435 g/mol. The second-order valence-electron chi connectivity index (χ2n) is 9.92. The standard InChI is InChI=1S/C26H33N3O3/c1-25(2,27(5)6)23(31)16-10-12-20-18(14-16)22(30)19-15-17(11-13-21(19)29(20)9)24(32)26(3,4)28(7)8/h10-15H,1-9H3. The average Bonchev–Trinajstić information content (AvgIpc) is 2.75. The molecule has 0 unspecified atom stereocenters. The van der Waals surface area contributed by atoms with Gasteiger partial charge in [0.2, 0.25) is 0 Å². The van der Waals surface area contributed by atoms with Crippen LogP contribution in [0.4, 0.5) is 0 Å². The molecule has 0 N–H and O–H groups in total. The second-order valence-corrected chi connectivity index (χ2v) is 9.92. The largest absolute Gasteiger partial charge is 0.343 e. The molecule has 0 aliphatic heterocycles. The summed E-state index contributed by atoms with van der Waals surface area (Å²) >= 11 is 0. The molecule has 0 bridgehead atoms. The van der Waals surface area contributed by atoms with Gasteiger partial charge in [0.25, 0.3) is 0 Å². The van der Waals surface area contributed by atoms with Crippen molar-refractivity contribution < 1.29 is 9.59 Å². The number of likely N-dealkylation sites (N-methyl/N-ethyl adjacent to an activating group) is 2. The number of aromatic nitrogens is 1. The Balaban J connectivity index is 2.26. The summed E-state index contributed by atoms with van der Waals surface area (Å²) < 4.78 is 1.93. The maximum atomic E-state index is 13.5. The zero-order chi connectivity index (χ0) is 24.2. The van der Waals surface area contributed by atoms with Crippen LogP contribution >= 0.6 is 0 Å². The number of fused-ring (bicyclic) bond motifs is 2. The highest BCUT2D eigenvalue weighted by Gasteiger charge is 2.32. The number of rotatable bonds is 6. The van der Waals surface area contributed by atoms with Gasteiger partial charge in [-0.15, -0.1) is 0 Å². The minimum Gasteiger partial charge on any atom is -0.343 e. The van der Waals surface area contributed by atoms with Crippen LogP contribution in [0, 0.1) is 0 Å². The summed E-state index contributed by atoms with van der Waals surface area (Å²) in [5.74, 6) is -0.105. The molecule has 0 aliphatic rings. The van der Waals surface area contributed by atoms with Gasteiger partial charge >= 0.3 is 0 Å². The van der Waals surface area contributed by atoms with Crippen LogP contribution in [0.25, 0.3) is 21.8 Å². The number of hydrogen-bond donors (Lipinski definition) is 0. The fraction of sp³-hybridized carbons (Fsp3) is 0.423. The number of carbonyl (C=O) groups is 2. The lowest BCUT2D eigenvalue weighted by Crippen LogP contribution is -2.45. The van der Waals surface area contributed by atoms with Gasteiger partial charge in [-0.2, -0.15) is 0 Å². The van der Waals surface area contributed by atoms with Crippen LogP contribution in [0.5, 0.6) is 0 Å². The maximum absolute atomic E-state index is 13.5. The second kappa shape index (κ2) is 7.94. The van der Waals surface area contributed by atoms with E-state index in [1.165, 1.54) is 0 Å². The van der Waals surface area contributed by atoms with Crippen molar-refractivity contribution in [3.8, 4) is 0 Å². The Hall–Kier alpha value is -2.83. The topological polar surface area (TPSA) is 62.6 Å². The van der Waals surface area contributed by atoms with Gasteiger partial charge in [-0.05, 0) is 92.3 Å². The lowest BCUT2D eigenvalue weighted by molar-refractivity contribution is 0.0750. The number of aryl methyl sites for hydroxylation is 1. The van der Waals surface area contributed by atoms with Gasteiger partial charge in [0, 0.05) is 28.9 Å². The Bertz CT molecular complexity index is 1200. The van der Waals surface area contributed by atoms with Crippen LogP contribution in [0.2, 0.25) is 0 Å². The summed E-state index contributed by atoms with van der Waals surface area (Å²) in [5.41, 5.74) is 0.897. The average molecular weight is 436 g/mol. The van der Waals surface area contributed by atoms with Crippen molar-refractivity contribution in [1.82, 2.24) is 14.4 Å². The molecule has 0 saturated heterocycles. The van der Waals surface area contributed by atoms with E-state index in [1.54, 1.807) is 24.3 Å². The number of nitrogens with zero attached hydrogens (tertiary/aromatic N) is 3. The third kappa shape index (κ3) is 3.67. The minimum absolute atomic E-state index is 0.0526. The first-order valence-electron chi connectivity index (χ1n) is 10.7. The summed E-state index contributed by atoms with van der Waals surface area (Å²) in [7, 11) is 9.33. The number of carbonyl (C=O) groups excluding carboxylic acids is 2. The fourth-order valence-corrected chi connectivity index (χ4v) is 3.69. The van der Waals surface area contributed by atoms with Gasteiger partial charge in [-0.3, -0.25) is 24.2 Å². The summed E-state index contributed by atoms with van der Waals surface area (Å²) in [5, 5.41) is 0.939. The molecule has 0 fully saturated rings. The van der Waals surface area contributed by atoms with Gasteiger partial charge in [0.15, 0.2) is 17.0 Å². The Labute approximate surface area is 189 Å². The molecule has 0 radical (unpaired) electrons. The molecule has 0 saturated carbocycles. The molecular formula is C26H33N3O3. The van der Waals surface area contributed by atoms with E-state index >= 15 is 0 Å².